The molecule has 3 saturated carbocycles. The van der Waals surface area contributed by atoms with Gasteiger partial charge in [-0.15, -0.1) is 0 Å². The highest BCUT2D eigenvalue weighted by atomic mass is 16.2. The molecular weight excluding hydrogens is 224 g/mol. The van der Waals surface area contributed by atoms with Crippen LogP contribution in [0.5, 0.6) is 0 Å². The number of amides is 1. The second-order valence-electron chi connectivity index (χ2n) is 6.99. The van der Waals surface area contributed by atoms with Crippen LogP contribution in [0.3, 0.4) is 0 Å². The van der Waals surface area contributed by atoms with E-state index in [-0.39, 0.29) is 11.0 Å². The summed E-state index contributed by atoms with van der Waals surface area (Å²) < 4.78 is 0. The first-order chi connectivity index (χ1) is 8.55. The Balaban J connectivity index is 1.76. The minimum Gasteiger partial charge on any atom is -0.340 e. The summed E-state index contributed by atoms with van der Waals surface area (Å²) in [5.41, 5.74) is 6.37. The van der Waals surface area contributed by atoms with Crippen molar-refractivity contribution in [2.45, 2.75) is 76.3 Å². The van der Waals surface area contributed by atoms with Gasteiger partial charge in [0, 0.05) is 23.5 Å². The van der Waals surface area contributed by atoms with Crippen molar-refractivity contribution in [1.82, 2.24) is 4.90 Å². The lowest BCUT2D eigenvalue weighted by atomic mass is 9.57. The molecular formula is C15H26N2O. The number of hydrogen-bond acceptors (Lipinski definition) is 2. The molecule has 4 aliphatic rings. The van der Waals surface area contributed by atoms with E-state index in [0.717, 1.165) is 45.1 Å². The lowest BCUT2D eigenvalue weighted by Gasteiger charge is -2.53. The van der Waals surface area contributed by atoms with Gasteiger partial charge in [0.1, 0.15) is 0 Å². The first-order valence-corrected chi connectivity index (χ1v) is 7.65. The number of nitrogens with two attached hydrogens (primary N) is 1. The molecule has 1 saturated heterocycles. The third kappa shape index (κ3) is 1.87. The van der Waals surface area contributed by atoms with E-state index in [9.17, 15) is 4.79 Å². The minimum absolute atomic E-state index is 0.0350. The Bertz CT molecular complexity index is 328. The molecule has 0 aromatic carbocycles. The summed E-state index contributed by atoms with van der Waals surface area (Å²) in [6.45, 7) is 3.20. The van der Waals surface area contributed by atoms with Crippen molar-refractivity contribution in [3.8, 4) is 0 Å². The number of nitrogens with zero attached hydrogens (tertiary/aromatic N) is 1. The van der Waals surface area contributed by atoms with Crippen molar-refractivity contribution in [3.05, 3.63) is 0 Å². The molecule has 2 bridgehead atoms. The van der Waals surface area contributed by atoms with Crippen LogP contribution in [-0.2, 0) is 4.79 Å². The van der Waals surface area contributed by atoms with Gasteiger partial charge < -0.3 is 10.6 Å². The van der Waals surface area contributed by atoms with Gasteiger partial charge in [0.25, 0.3) is 0 Å². The molecule has 2 N–H and O–H groups in total. The lowest BCUT2D eigenvalue weighted by Crippen LogP contribution is -2.58. The SMILES string of the molecule is CC1CCCCN1C(=O)C12CCC(N)(CC1)CC2. The predicted octanol–water partition coefficient (Wildman–Crippen LogP) is 2.44. The number of carbonyl (C=O) groups is 1. The van der Waals surface area contributed by atoms with Crippen LogP contribution in [0.4, 0.5) is 0 Å². The predicted molar refractivity (Wildman–Crippen MR) is 72.1 cm³/mol. The monoisotopic (exact) mass is 250 g/mol. The molecule has 1 amide bonds. The summed E-state index contributed by atoms with van der Waals surface area (Å²) in [6, 6.07) is 0.451. The average Bonchev–Trinajstić information content (AvgIpc) is 2.40. The fraction of sp³-hybridized carbons (Fsp3) is 0.933. The van der Waals surface area contributed by atoms with Crippen LogP contribution in [0.25, 0.3) is 0 Å². The third-order valence-electron chi connectivity index (χ3n) is 5.82. The molecule has 3 nitrogen and oxygen atoms in total. The van der Waals surface area contributed by atoms with Gasteiger partial charge in [0.2, 0.25) is 5.91 Å². The van der Waals surface area contributed by atoms with Crippen LogP contribution in [-0.4, -0.2) is 28.9 Å². The van der Waals surface area contributed by atoms with E-state index in [4.69, 9.17) is 5.73 Å². The van der Waals surface area contributed by atoms with E-state index in [1.54, 1.807) is 0 Å². The van der Waals surface area contributed by atoms with E-state index in [2.05, 4.69) is 11.8 Å². The number of fused-ring (bicyclic) bond motifs is 3. The van der Waals surface area contributed by atoms with E-state index < -0.39 is 0 Å². The van der Waals surface area contributed by atoms with Crippen LogP contribution in [0.1, 0.15) is 64.7 Å². The maximum absolute atomic E-state index is 12.9. The van der Waals surface area contributed by atoms with Crippen molar-refractivity contribution >= 4 is 5.91 Å². The van der Waals surface area contributed by atoms with Gasteiger partial charge in [0.15, 0.2) is 0 Å². The topological polar surface area (TPSA) is 46.3 Å². The number of rotatable bonds is 1. The Morgan fingerprint density at radius 2 is 1.72 bits per heavy atom. The second kappa shape index (κ2) is 4.22. The fourth-order valence-corrected chi connectivity index (χ4v) is 4.24. The summed E-state index contributed by atoms with van der Waals surface area (Å²) in [4.78, 5) is 15.1. The first-order valence-electron chi connectivity index (χ1n) is 7.65. The maximum atomic E-state index is 12.9. The highest BCUT2D eigenvalue weighted by Gasteiger charge is 2.52. The van der Waals surface area contributed by atoms with Crippen LogP contribution < -0.4 is 5.73 Å². The van der Waals surface area contributed by atoms with Crippen LogP contribution in [0, 0.1) is 5.41 Å². The summed E-state index contributed by atoms with van der Waals surface area (Å²) >= 11 is 0. The zero-order chi connectivity index (χ0) is 12.8. The minimum atomic E-state index is -0.0350. The van der Waals surface area contributed by atoms with Gasteiger partial charge in [-0.3, -0.25) is 4.79 Å². The van der Waals surface area contributed by atoms with Crippen molar-refractivity contribution in [1.29, 1.82) is 0 Å². The highest BCUT2D eigenvalue weighted by Crippen LogP contribution is 2.52. The van der Waals surface area contributed by atoms with Crippen LogP contribution in [0.2, 0.25) is 0 Å². The Morgan fingerprint density at radius 1 is 1.11 bits per heavy atom. The van der Waals surface area contributed by atoms with Crippen molar-refractivity contribution in [2.75, 3.05) is 6.54 Å². The van der Waals surface area contributed by atoms with Gasteiger partial charge >= 0.3 is 0 Å². The zero-order valence-electron chi connectivity index (χ0n) is 11.6. The Kier molecular flexibility index (Phi) is 2.92. The molecule has 0 spiro atoms. The lowest BCUT2D eigenvalue weighted by molar-refractivity contribution is -0.152. The van der Waals surface area contributed by atoms with Gasteiger partial charge in [-0.05, 0) is 64.7 Å². The van der Waals surface area contributed by atoms with Crippen molar-refractivity contribution in [2.24, 2.45) is 11.1 Å². The van der Waals surface area contributed by atoms with Crippen molar-refractivity contribution in [3.63, 3.8) is 0 Å². The molecule has 18 heavy (non-hydrogen) atoms. The number of hydrogen-bond donors (Lipinski definition) is 1. The summed E-state index contributed by atoms with van der Waals surface area (Å²) in [6.07, 6.45) is 9.92. The third-order valence-corrected chi connectivity index (χ3v) is 5.82. The van der Waals surface area contributed by atoms with Gasteiger partial charge in [-0.1, -0.05) is 0 Å². The highest BCUT2D eigenvalue weighted by molar-refractivity contribution is 5.83. The standard InChI is InChI=1S/C15H26N2O/c1-12-4-2-3-11-17(12)13(18)14-5-8-15(16,9-6-14)10-7-14/h12H,2-11,16H2,1H3. The molecule has 0 aromatic heterocycles. The molecule has 3 heteroatoms. The molecule has 3 aliphatic carbocycles. The van der Waals surface area contributed by atoms with E-state index >= 15 is 0 Å². The summed E-state index contributed by atoms with van der Waals surface area (Å²) in [7, 11) is 0. The second-order valence-corrected chi connectivity index (χ2v) is 6.99. The van der Waals surface area contributed by atoms with Gasteiger partial charge in [0.05, 0.1) is 0 Å². The zero-order valence-corrected chi connectivity index (χ0v) is 11.6. The molecule has 102 valence electrons. The van der Waals surface area contributed by atoms with Gasteiger partial charge in [-0.2, -0.15) is 0 Å². The molecule has 1 aliphatic heterocycles. The smallest absolute Gasteiger partial charge is 0.229 e. The van der Waals surface area contributed by atoms with E-state index in [1.165, 1.54) is 19.3 Å². The largest absolute Gasteiger partial charge is 0.340 e. The number of likely N-dealkylation sites (tertiary alicyclic amines) is 1. The fourth-order valence-electron chi connectivity index (χ4n) is 4.24. The van der Waals surface area contributed by atoms with E-state index in [0.29, 0.717) is 11.9 Å². The molecule has 1 atom stereocenters. The van der Waals surface area contributed by atoms with Gasteiger partial charge in [-0.25, -0.2) is 0 Å². The maximum Gasteiger partial charge on any atom is 0.229 e. The number of piperidine rings is 1. The normalized spacial score (nSPS) is 44.1. The van der Waals surface area contributed by atoms with Crippen molar-refractivity contribution < 1.29 is 4.79 Å². The Hall–Kier alpha value is -0.570. The molecule has 4 rings (SSSR count). The molecule has 0 aromatic rings. The number of carbonyl (C=O) groups excluding carboxylic acids is 1. The van der Waals surface area contributed by atoms with E-state index in [1.807, 2.05) is 0 Å². The quantitative estimate of drug-likeness (QED) is 0.777. The average molecular weight is 250 g/mol. The molecule has 4 fully saturated rings. The summed E-state index contributed by atoms with van der Waals surface area (Å²) in [5.74, 6) is 0.455. The van der Waals surface area contributed by atoms with Crippen LogP contribution in [0.15, 0.2) is 0 Å². The molecule has 0 radical (unpaired) electrons. The first kappa shape index (κ1) is 12.5. The molecule has 1 unspecified atom stereocenters. The molecule has 1 heterocycles. The summed E-state index contributed by atoms with van der Waals surface area (Å²) in [5, 5.41) is 0. The Morgan fingerprint density at radius 3 is 2.28 bits per heavy atom. The Labute approximate surface area is 110 Å². The van der Waals surface area contributed by atoms with Crippen LogP contribution >= 0.6 is 0 Å².